The second kappa shape index (κ2) is 15.0. The molecule has 0 aliphatic carbocycles. The van der Waals surface area contributed by atoms with Gasteiger partial charge in [0.25, 0.3) is 0 Å². The molecule has 3 N–H and O–H groups in total. The van der Waals surface area contributed by atoms with E-state index in [2.05, 4.69) is 16.0 Å². The molecule has 0 radical (unpaired) electrons. The van der Waals surface area contributed by atoms with Gasteiger partial charge in [0.05, 0.1) is 24.6 Å². The number of ether oxygens (including phenoxy) is 2. The summed E-state index contributed by atoms with van der Waals surface area (Å²) in [5.41, 5.74) is 1.13. The second-order valence-electron chi connectivity index (χ2n) is 13.2. The van der Waals surface area contributed by atoms with Crippen molar-refractivity contribution >= 4 is 27.7 Å². The standard InChI is InChI=1S/C34H46F2N4O6S/c1-20-16-24(17-21(2)46-20)31(23-9-11-25(35)12-10-23)32(39-34(42)45-4)33(41)38-30-7-5-6-29(36)28(30)15-14-27-18-37-26-13-8-22(3)47(43,44)40(27)19-26/h5-7,9-12,20-22,24,26-27,31-32,37H,8,13-19H2,1-4H3,(H,38,41)(H,39,42)/t20-,21+,22?,24?,26-,27+,31+,32+/m1/s1. The SMILES string of the molecule is COC(=O)N[C@H](C(=O)Nc1cccc(F)c1CC[C@H]1CN[C@@H]2CCC(C)S(=O)(=O)N1C2)[C@@H](c1ccc(F)cc1)C1C[C@@H](C)O[C@@H](C)C1. The number of nitrogens with one attached hydrogen (secondary N) is 3. The van der Waals surface area contributed by atoms with Crippen LogP contribution in [0.15, 0.2) is 42.5 Å². The summed E-state index contributed by atoms with van der Waals surface area (Å²) >= 11 is 0. The number of halogens is 2. The van der Waals surface area contributed by atoms with E-state index in [0.717, 1.165) is 6.42 Å². The smallest absolute Gasteiger partial charge is 0.407 e. The highest BCUT2D eigenvalue weighted by Crippen LogP contribution is 2.39. The van der Waals surface area contributed by atoms with Gasteiger partial charge in [0.1, 0.15) is 17.7 Å². The molecule has 3 aliphatic rings. The predicted molar refractivity (Wildman–Crippen MR) is 174 cm³/mol. The van der Waals surface area contributed by atoms with Gasteiger partial charge in [-0.1, -0.05) is 18.2 Å². The highest BCUT2D eigenvalue weighted by Gasteiger charge is 2.42. The summed E-state index contributed by atoms with van der Waals surface area (Å²) in [7, 11) is -2.30. The van der Waals surface area contributed by atoms with E-state index in [9.17, 15) is 22.4 Å². The van der Waals surface area contributed by atoms with Gasteiger partial charge in [-0.2, -0.15) is 4.31 Å². The monoisotopic (exact) mass is 676 g/mol. The van der Waals surface area contributed by atoms with Crippen molar-refractivity contribution in [1.82, 2.24) is 14.9 Å². The van der Waals surface area contributed by atoms with Crippen LogP contribution < -0.4 is 16.0 Å². The van der Waals surface area contributed by atoms with Gasteiger partial charge < -0.3 is 25.4 Å². The topological polar surface area (TPSA) is 126 Å². The van der Waals surface area contributed by atoms with Crippen LogP contribution in [0.2, 0.25) is 0 Å². The van der Waals surface area contributed by atoms with Gasteiger partial charge >= 0.3 is 6.09 Å². The lowest BCUT2D eigenvalue weighted by atomic mass is 9.74. The Balaban J connectivity index is 1.42. The molecule has 5 rings (SSSR count). The van der Waals surface area contributed by atoms with E-state index >= 15 is 4.39 Å². The maximum absolute atomic E-state index is 15.5. The number of nitrogens with zero attached hydrogens (tertiary/aromatic N) is 1. The van der Waals surface area contributed by atoms with Crippen LogP contribution in [0.1, 0.15) is 69.9 Å². The van der Waals surface area contributed by atoms with Crippen LogP contribution in [0, 0.1) is 17.6 Å². The Morgan fingerprint density at radius 2 is 1.77 bits per heavy atom. The summed E-state index contributed by atoms with van der Waals surface area (Å²) in [5, 5.41) is 8.53. The molecule has 258 valence electrons. The zero-order valence-electron chi connectivity index (χ0n) is 27.4. The maximum atomic E-state index is 15.5. The third kappa shape index (κ3) is 8.13. The summed E-state index contributed by atoms with van der Waals surface area (Å²) < 4.78 is 68.5. The lowest BCUT2D eigenvalue weighted by Crippen LogP contribution is -2.57. The van der Waals surface area contributed by atoms with Crippen molar-refractivity contribution in [3.05, 3.63) is 65.2 Å². The summed E-state index contributed by atoms with van der Waals surface area (Å²) in [5.74, 6) is -2.26. The number of sulfonamides is 1. The summed E-state index contributed by atoms with van der Waals surface area (Å²) in [6.45, 7) is 6.47. The largest absolute Gasteiger partial charge is 0.453 e. The van der Waals surface area contributed by atoms with E-state index in [1.54, 1.807) is 29.4 Å². The van der Waals surface area contributed by atoms with Gasteiger partial charge in [0.15, 0.2) is 0 Å². The number of carbonyl (C=O) groups is 2. The number of fused-ring (bicyclic) bond motifs is 2. The molecular formula is C34H46F2N4O6S. The molecule has 2 aromatic rings. The molecule has 47 heavy (non-hydrogen) atoms. The average molecular weight is 677 g/mol. The Hall–Kier alpha value is -3.13. The zero-order chi connectivity index (χ0) is 33.9. The Morgan fingerprint density at radius 1 is 1.06 bits per heavy atom. The normalized spacial score (nSPS) is 30.0. The highest BCUT2D eigenvalue weighted by atomic mass is 32.2. The fraction of sp³-hybridized carbons (Fsp3) is 0.588. The van der Waals surface area contributed by atoms with Crippen LogP contribution in [-0.2, 0) is 30.7 Å². The molecule has 3 fully saturated rings. The van der Waals surface area contributed by atoms with Crippen molar-refractivity contribution in [2.45, 2.75) is 101 Å². The number of carbonyl (C=O) groups excluding carboxylic acids is 2. The van der Waals surface area contributed by atoms with E-state index in [0.29, 0.717) is 44.3 Å². The Labute approximate surface area is 276 Å². The van der Waals surface area contributed by atoms with Gasteiger partial charge in [0.2, 0.25) is 15.9 Å². The first-order chi connectivity index (χ1) is 22.4. The van der Waals surface area contributed by atoms with Gasteiger partial charge in [-0.05, 0) is 95.0 Å². The number of alkyl carbamates (subject to hydrolysis) is 1. The van der Waals surface area contributed by atoms with E-state index < -0.39 is 50.9 Å². The highest BCUT2D eigenvalue weighted by molar-refractivity contribution is 7.89. The first-order valence-electron chi connectivity index (χ1n) is 16.4. The molecule has 2 aromatic carbocycles. The second-order valence-corrected chi connectivity index (χ2v) is 15.5. The van der Waals surface area contributed by atoms with E-state index in [-0.39, 0.29) is 47.9 Å². The van der Waals surface area contributed by atoms with E-state index in [4.69, 9.17) is 9.47 Å². The minimum absolute atomic E-state index is 0.0873. The lowest BCUT2D eigenvalue weighted by molar-refractivity contribution is -0.120. The van der Waals surface area contributed by atoms with Crippen LogP contribution in [0.3, 0.4) is 0 Å². The van der Waals surface area contributed by atoms with Crippen molar-refractivity contribution in [3.63, 3.8) is 0 Å². The van der Waals surface area contributed by atoms with Crippen LogP contribution in [0.5, 0.6) is 0 Å². The van der Waals surface area contributed by atoms with Crippen LogP contribution in [0.25, 0.3) is 0 Å². The minimum atomic E-state index is -3.50. The van der Waals surface area contributed by atoms with Crippen LogP contribution >= 0.6 is 0 Å². The summed E-state index contributed by atoms with van der Waals surface area (Å²) in [6.07, 6.45) is 2.03. The predicted octanol–water partition coefficient (Wildman–Crippen LogP) is 4.70. The Bertz CT molecular complexity index is 1520. The van der Waals surface area contributed by atoms with Gasteiger partial charge in [-0.25, -0.2) is 22.0 Å². The molecule has 0 spiro atoms. The Morgan fingerprint density at radius 3 is 2.45 bits per heavy atom. The molecule has 2 amide bonds. The first kappa shape index (κ1) is 35.2. The van der Waals surface area contributed by atoms with Crippen molar-refractivity contribution in [3.8, 4) is 0 Å². The maximum Gasteiger partial charge on any atom is 0.407 e. The lowest BCUT2D eigenvalue weighted by Gasteiger charge is -2.40. The molecule has 3 unspecified atom stereocenters. The number of piperazine rings is 1. The van der Waals surface area contributed by atoms with Crippen molar-refractivity contribution in [2.75, 3.05) is 25.5 Å². The quantitative estimate of drug-likeness (QED) is 0.352. The minimum Gasteiger partial charge on any atom is -0.453 e. The van der Waals surface area contributed by atoms with Crippen molar-refractivity contribution < 1.29 is 36.3 Å². The molecule has 2 bridgehead atoms. The van der Waals surface area contributed by atoms with Gasteiger partial charge in [-0.15, -0.1) is 0 Å². The van der Waals surface area contributed by atoms with Crippen LogP contribution in [-0.4, -0.2) is 80.5 Å². The van der Waals surface area contributed by atoms with Gasteiger partial charge in [-0.3, -0.25) is 4.79 Å². The molecule has 0 aromatic heterocycles. The Kier molecular flexibility index (Phi) is 11.2. The first-order valence-corrected chi connectivity index (χ1v) is 17.9. The van der Waals surface area contributed by atoms with Crippen LogP contribution in [0.4, 0.5) is 19.3 Å². The summed E-state index contributed by atoms with van der Waals surface area (Å²) in [6, 6.07) is 8.81. The number of rotatable bonds is 9. The van der Waals surface area contributed by atoms with Crippen molar-refractivity contribution in [2.24, 2.45) is 5.92 Å². The molecule has 13 heteroatoms. The molecule has 3 saturated heterocycles. The fourth-order valence-electron chi connectivity index (χ4n) is 7.53. The number of anilines is 1. The zero-order valence-corrected chi connectivity index (χ0v) is 28.2. The third-order valence-corrected chi connectivity index (χ3v) is 12.3. The number of methoxy groups -OCH3 is 1. The third-order valence-electron chi connectivity index (χ3n) is 9.91. The van der Waals surface area contributed by atoms with Crippen molar-refractivity contribution in [1.29, 1.82) is 0 Å². The molecule has 3 aliphatic heterocycles. The molecule has 10 nitrogen and oxygen atoms in total. The molecule has 3 heterocycles. The number of hydrogen-bond acceptors (Lipinski definition) is 7. The summed E-state index contributed by atoms with van der Waals surface area (Å²) in [4.78, 5) is 26.9. The number of benzene rings is 2. The molecule has 0 saturated carbocycles. The molecule has 9 atom stereocenters. The van der Waals surface area contributed by atoms with Gasteiger partial charge in [0, 0.05) is 42.3 Å². The molecular weight excluding hydrogens is 630 g/mol. The average Bonchev–Trinajstić information content (AvgIpc) is 3.11. The fourth-order valence-corrected chi connectivity index (χ4v) is 9.41. The number of amides is 2. The van der Waals surface area contributed by atoms with E-state index in [1.807, 2.05) is 13.8 Å². The van der Waals surface area contributed by atoms with E-state index in [1.165, 1.54) is 31.4 Å². The number of hydrogen-bond donors (Lipinski definition) is 3.